The van der Waals surface area contributed by atoms with Crippen LogP contribution in [-0.2, 0) is 0 Å². The fourth-order valence-electron chi connectivity index (χ4n) is 3.91. The number of anilines is 1. The van der Waals surface area contributed by atoms with Gasteiger partial charge in [-0.1, -0.05) is 28.8 Å². The summed E-state index contributed by atoms with van der Waals surface area (Å²) >= 11 is 3.53. The van der Waals surface area contributed by atoms with Crippen molar-refractivity contribution in [3.05, 3.63) is 28.2 Å². The van der Waals surface area contributed by atoms with Gasteiger partial charge in [0.25, 0.3) is 0 Å². The summed E-state index contributed by atoms with van der Waals surface area (Å²) in [5.74, 6) is 0.161. The minimum atomic E-state index is 0.161. The van der Waals surface area contributed by atoms with Gasteiger partial charge >= 0.3 is 0 Å². The number of ketones is 1. The van der Waals surface area contributed by atoms with E-state index in [1.165, 1.54) is 38.5 Å². The van der Waals surface area contributed by atoms with E-state index < -0.39 is 0 Å². The average Bonchev–Trinajstić information content (AvgIpc) is 2.87. The molecule has 1 aromatic rings. The standard InChI is InChI=1S/C17H22BrNO/c1-13(20)15-5-4-14(18)12-16(15)19-10-8-17(9-11-19)6-2-3-7-17/h4-5,12H,2-3,6-11H2,1H3. The van der Waals surface area contributed by atoms with Crippen molar-refractivity contribution in [2.45, 2.75) is 45.4 Å². The Balaban J connectivity index is 1.80. The van der Waals surface area contributed by atoms with E-state index in [2.05, 4.69) is 26.9 Å². The lowest BCUT2D eigenvalue weighted by Crippen LogP contribution is -2.39. The molecule has 2 fully saturated rings. The number of hydrogen-bond acceptors (Lipinski definition) is 2. The van der Waals surface area contributed by atoms with Crippen LogP contribution in [0, 0.1) is 5.41 Å². The first kappa shape index (κ1) is 14.1. The van der Waals surface area contributed by atoms with Gasteiger partial charge in [0, 0.05) is 28.8 Å². The lowest BCUT2D eigenvalue weighted by atomic mass is 9.77. The molecule has 108 valence electrons. The summed E-state index contributed by atoms with van der Waals surface area (Å²) in [6, 6.07) is 6.01. The molecule has 1 aliphatic heterocycles. The van der Waals surface area contributed by atoms with Gasteiger partial charge in [-0.2, -0.15) is 0 Å². The Morgan fingerprint density at radius 2 is 1.80 bits per heavy atom. The Bertz CT molecular complexity index is 510. The Kier molecular flexibility index (Phi) is 3.89. The fraction of sp³-hybridized carbons (Fsp3) is 0.588. The van der Waals surface area contributed by atoms with Crippen LogP contribution >= 0.6 is 15.9 Å². The Hall–Kier alpha value is -0.830. The average molecular weight is 336 g/mol. The summed E-state index contributed by atoms with van der Waals surface area (Å²) in [6.07, 6.45) is 8.23. The van der Waals surface area contributed by atoms with Gasteiger partial charge in [0.2, 0.25) is 0 Å². The second-order valence-electron chi connectivity index (χ2n) is 6.41. The topological polar surface area (TPSA) is 20.3 Å². The van der Waals surface area contributed by atoms with Crippen LogP contribution in [0.2, 0.25) is 0 Å². The summed E-state index contributed by atoms with van der Waals surface area (Å²) in [4.78, 5) is 14.2. The van der Waals surface area contributed by atoms with Crippen molar-refractivity contribution in [2.24, 2.45) is 5.41 Å². The largest absolute Gasteiger partial charge is 0.371 e. The zero-order valence-corrected chi connectivity index (χ0v) is 13.7. The van der Waals surface area contributed by atoms with Crippen LogP contribution in [0.5, 0.6) is 0 Å². The zero-order chi connectivity index (χ0) is 14.2. The molecule has 2 nitrogen and oxygen atoms in total. The zero-order valence-electron chi connectivity index (χ0n) is 12.1. The van der Waals surface area contributed by atoms with Crippen molar-refractivity contribution in [1.29, 1.82) is 0 Å². The number of piperidine rings is 1. The molecule has 1 heterocycles. The summed E-state index contributed by atoms with van der Waals surface area (Å²) in [7, 11) is 0. The van der Waals surface area contributed by atoms with Gasteiger partial charge in [-0.05, 0) is 56.2 Å². The number of nitrogens with zero attached hydrogens (tertiary/aromatic N) is 1. The number of halogens is 1. The second-order valence-corrected chi connectivity index (χ2v) is 7.33. The highest BCUT2D eigenvalue weighted by Gasteiger charge is 2.37. The third kappa shape index (κ3) is 2.65. The summed E-state index contributed by atoms with van der Waals surface area (Å²) in [5, 5.41) is 0. The minimum absolute atomic E-state index is 0.161. The predicted molar refractivity (Wildman–Crippen MR) is 86.5 cm³/mol. The van der Waals surface area contributed by atoms with Crippen molar-refractivity contribution in [1.82, 2.24) is 0 Å². The Labute approximate surface area is 129 Å². The van der Waals surface area contributed by atoms with Gasteiger partial charge in [-0.15, -0.1) is 0 Å². The van der Waals surface area contributed by atoms with Gasteiger partial charge in [0.05, 0.1) is 0 Å². The highest BCUT2D eigenvalue weighted by Crippen LogP contribution is 2.47. The van der Waals surface area contributed by atoms with Gasteiger partial charge < -0.3 is 4.90 Å². The van der Waals surface area contributed by atoms with Crippen molar-refractivity contribution in [3.8, 4) is 0 Å². The molecule has 0 aromatic heterocycles. The minimum Gasteiger partial charge on any atom is -0.371 e. The van der Waals surface area contributed by atoms with Crippen LogP contribution < -0.4 is 4.90 Å². The molecular formula is C17H22BrNO. The summed E-state index contributed by atoms with van der Waals surface area (Å²) in [6.45, 7) is 3.85. The van der Waals surface area contributed by atoms with E-state index in [0.717, 1.165) is 28.8 Å². The van der Waals surface area contributed by atoms with Gasteiger partial charge in [0.15, 0.2) is 5.78 Å². The van der Waals surface area contributed by atoms with E-state index in [1.807, 2.05) is 12.1 Å². The third-order valence-corrected chi connectivity index (χ3v) is 5.66. The van der Waals surface area contributed by atoms with Crippen LogP contribution in [0.4, 0.5) is 5.69 Å². The fourth-order valence-corrected chi connectivity index (χ4v) is 4.26. The van der Waals surface area contributed by atoms with E-state index in [0.29, 0.717) is 5.41 Å². The molecule has 1 spiro atoms. The molecular weight excluding hydrogens is 314 g/mol. The van der Waals surface area contributed by atoms with Gasteiger partial charge in [-0.3, -0.25) is 4.79 Å². The van der Waals surface area contributed by atoms with Crippen LogP contribution in [-0.4, -0.2) is 18.9 Å². The number of rotatable bonds is 2. The van der Waals surface area contributed by atoms with Crippen molar-refractivity contribution in [2.75, 3.05) is 18.0 Å². The van der Waals surface area contributed by atoms with E-state index >= 15 is 0 Å². The van der Waals surface area contributed by atoms with Crippen molar-refractivity contribution >= 4 is 27.4 Å². The molecule has 1 saturated carbocycles. The van der Waals surface area contributed by atoms with Crippen LogP contribution in [0.25, 0.3) is 0 Å². The van der Waals surface area contributed by atoms with E-state index in [4.69, 9.17) is 0 Å². The molecule has 20 heavy (non-hydrogen) atoms. The highest BCUT2D eigenvalue weighted by atomic mass is 79.9. The second kappa shape index (κ2) is 5.51. The molecule has 0 bridgehead atoms. The molecule has 2 aliphatic rings. The summed E-state index contributed by atoms with van der Waals surface area (Å²) < 4.78 is 1.05. The van der Waals surface area contributed by atoms with Gasteiger partial charge in [-0.25, -0.2) is 0 Å². The Morgan fingerprint density at radius 1 is 1.15 bits per heavy atom. The van der Waals surface area contributed by atoms with E-state index in [1.54, 1.807) is 6.92 Å². The molecule has 0 unspecified atom stereocenters. The molecule has 1 aliphatic carbocycles. The SMILES string of the molecule is CC(=O)c1ccc(Br)cc1N1CCC2(CCCC2)CC1. The first-order chi connectivity index (χ1) is 9.60. The van der Waals surface area contributed by atoms with E-state index in [-0.39, 0.29) is 5.78 Å². The number of hydrogen-bond donors (Lipinski definition) is 0. The van der Waals surface area contributed by atoms with Crippen LogP contribution in [0.3, 0.4) is 0 Å². The van der Waals surface area contributed by atoms with Crippen LogP contribution in [0.1, 0.15) is 55.8 Å². The van der Waals surface area contributed by atoms with Crippen molar-refractivity contribution < 1.29 is 4.79 Å². The lowest BCUT2D eigenvalue weighted by Gasteiger charge is -2.41. The predicted octanol–water partition coefficient (Wildman–Crippen LogP) is 4.81. The third-order valence-electron chi connectivity index (χ3n) is 5.17. The highest BCUT2D eigenvalue weighted by molar-refractivity contribution is 9.10. The normalized spacial score (nSPS) is 21.4. The van der Waals surface area contributed by atoms with E-state index in [9.17, 15) is 4.79 Å². The molecule has 3 rings (SSSR count). The molecule has 1 aromatic carbocycles. The molecule has 0 N–H and O–H groups in total. The number of carbonyl (C=O) groups is 1. The number of Topliss-reactive ketones (excluding diaryl/α,β-unsaturated/α-hetero) is 1. The first-order valence-corrected chi connectivity index (χ1v) is 8.44. The number of carbonyl (C=O) groups excluding carboxylic acids is 1. The molecule has 3 heteroatoms. The maximum absolute atomic E-state index is 11.8. The molecule has 0 amide bonds. The Morgan fingerprint density at radius 3 is 2.40 bits per heavy atom. The molecule has 0 radical (unpaired) electrons. The smallest absolute Gasteiger partial charge is 0.161 e. The lowest BCUT2D eigenvalue weighted by molar-refractivity contribution is 0.101. The first-order valence-electron chi connectivity index (χ1n) is 7.65. The quantitative estimate of drug-likeness (QED) is 0.722. The molecule has 1 saturated heterocycles. The maximum atomic E-state index is 11.8. The molecule has 0 atom stereocenters. The number of benzene rings is 1. The van der Waals surface area contributed by atoms with Gasteiger partial charge in [0.1, 0.15) is 0 Å². The summed E-state index contributed by atoms with van der Waals surface area (Å²) in [5.41, 5.74) is 2.59. The van der Waals surface area contributed by atoms with Crippen LogP contribution in [0.15, 0.2) is 22.7 Å². The van der Waals surface area contributed by atoms with Crippen molar-refractivity contribution in [3.63, 3.8) is 0 Å². The maximum Gasteiger partial charge on any atom is 0.161 e. The monoisotopic (exact) mass is 335 g/mol.